The van der Waals surface area contributed by atoms with Gasteiger partial charge in [0, 0.05) is 42.8 Å². The van der Waals surface area contributed by atoms with E-state index in [1.54, 1.807) is 41.6 Å². The highest BCUT2D eigenvalue weighted by Crippen LogP contribution is 2.34. The van der Waals surface area contributed by atoms with Gasteiger partial charge in [0.05, 0.1) is 5.60 Å². The summed E-state index contributed by atoms with van der Waals surface area (Å²) in [6, 6.07) is 6.46. The molecule has 0 spiro atoms. The molecule has 0 aromatic carbocycles. The zero-order chi connectivity index (χ0) is 15.6. The van der Waals surface area contributed by atoms with Gasteiger partial charge in [0.2, 0.25) is 5.95 Å². The number of nitrogens with zero attached hydrogens (tertiary/aromatic N) is 3. The zero-order valence-corrected chi connectivity index (χ0v) is 11.9. The summed E-state index contributed by atoms with van der Waals surface area (Å²) in [6.07, 6.45) is 5.06. The van der Waals surface area contributed by atoms with E-state index in [4.69, 9.17) is 0 Å². The Morgan fingerprint density at radius 3 is 2.50 bits per heavy atom. The summed E-state index contributed by atoms with van der Waals surface area (Å²) < 4.78 is 13.8. The van der Waals surface area contributed by atoms with Gasteiger partial charge in [-0.2, -0.15) is 4.39 Å². The van der Waals surface area contributed by atoms with Gasteiger partial charge in [0.1, 0.15) is 0 Å². The van der Waals surface area contributed by atoms with E-state index in [1.807, 2.05) is 0 Å². The summed E-state index contributed by atoms with van der Waals surface area (Å²) >= 11 is 0. The number of piperidine rings is 1. The van der Waals surface area contributed by atoms with Crippen LogP contribution in [0.15, 0.2) is 42.9 Å². The maximum Gasteiger partial charge on any atom is 0.253 e. The Hall–Kier alpha value is -2.34. The number of pyridine rings is 2. The predicted octanol–water partition coefficient (Wildman–Crippen LogP) is 1.74. The highest BCUT2D eigenvalue weighted by molar-refractivity contribution is 5.94. The molecule has 1 saturated heterocycles. The molecule has 3 heterocycles. The fourth-order valence-corrected chi connectivity index (χ4v) is 2.76. The Kier molecular flexibility index (Phi) is 3.85. The molecule has 1 fully saturated rings. The minimum absolute atomic E-state index is 0.101. The molecular weight excluding hydrogens is 285 g/mol. The molecule has 0 unspecified atom stereocenters. The van der Waals surface area contributed by atoms with Gasteiger partial charge in [-0.15, -0.1) is 0 Å². The monoisotopic (exact) mass is 301 g/mol. The second kappa shape index (κ2) is 5.81. The number of hydrogen-bond acceptors (Lipinski definition) is 4. The lowest BCUT2D eigenvalue weighted by atomic mass is 9.85. The number of amides is 1. The number of aromatic nitrogens is 2. The summed E-state index contributed by atoms with van der Waals surface area (Å²) in [5.74, 6) is -0.755. The highest BCUT2D eigenvalue weighted by atomic mass is 19.1. The Morgan fingerprint density at radius 2 is 1.86 bits per heavy atom. The molecule has 0 radical (unpaired) electrons. The van der Waals surface area contributed by atoms with Crippen LogP contribution in [0.25, 0.3) is 0 Å². The second-order valence-electron chi connectivity index (χ2n) is 5.40. The van der Waals surface area contributed by atoms with Crippen molar-refractivity contribution in [2.24, 2.45) is 0 Å². The number of carbonyl (C=O) groups excluding carboxylic acids is 1. The number of aliphatic hydroxyl groups is 1. The van der Waals surface area contributed by atoms with E-state index in [-0.39, 0.29) is 24.3 Å². The smallest absolute Gasteiger partial charge is 0.253 e. The maximum atomic E-state index is 13.8. The molecule has 1 aliphatic rings. The van der Waals surface area contributed by atoms with Gasteiger partial charge in [0.15, 0.2) is 0 Å². The number of halogens is 1. The molecule has 22 heavy (non-hydrogen) atoms. The highest BCUT2D eigenvalue weighted by Gasteiger charge is 2.37. The molecule has 2 aromatic rings. The topological polar surface area (TPSA) is 66.3 Å². The van der Waals surface area contributed by atoms with E-state index in [1.165, 1.54) is 6.20 Å². The lowest BCUT2D eigenvalue weighted by Gasteiger charge is -2.38. The fourth-order valence-electron chi connectivity index (χ4n) is 2.76. The minimum atomic E-state index is -1.27. The van der Waals surface area contributed by atoms with Crippen molar-refractivity contribution < 1.29 is 14.3 Å². The molecule has 6 heteroatoms. The molecule has 2 aromatic heterocycles. The summed E-state index contributed by atoms with van der Waals surface area (Å²) in [5.41, 5.74) is -0.507. The molecule has 0 aliphatic carbocycles. The molecule has 1 amide bonds. The van der Waals surface area contributed by atoms with E-state index in [0.717, 1.165) is 0 Å². The van der Waals surface area contributed by atoms with Crippen LogP contribution in [0.1, 0.15) is 28.8 Å². The van der Waals surface area contributed by atoms with E-state index in [2.05, 4.69) is 9.97 Å². The molecule has 3 rings (SSSR count). The maximum absolute atomic E-state index is 13.8. The molecule has 114 valence electrons. The first-order chi connectivity index (χ1) is 10.6. The predicted molar refractivity (Wildman–Crippen MR) is 77.5 cm³/mol. The van der Waals surface area contributed by atoms with Crippen LogP contribution < -0.4 is 0 Å². The molecule has 1 aliphatic heterocycles. The SMILES string of the molecule is O=C(c1ccncc1)N1CCC(O)(c2cccnc2F)CC1. The fraction of sp³-hybridized carbons (Fsp3) is 0.312. The molecular formula is C16H16FN3O2. The Morgan fingerprint density at radius 1 is 1.18 bits per heavy atom. The zero-order valence-electron chi connectivity index (χ0n) is 11.9. The third-order valence-electron chi connectivity index (χ3n) is 4.07. The summed E-state index contributed by atoms with van der Waals surface area (Å²) in [7, 11) is 0. The van der Waals surface area contributed by atoms with Crippen molar-refractivity contribution in [1.29, 1.82) is 0 Å². The van der Waals surface area contributed by atoms with Gasteiger partial charge in [-0.05, 0) is 31.0 Å². The summed E-state index contributed by atoms with van der Waals surface area (Å²) in [4.78, 5) is 21.5. The first kappa shape index (κ1) is 14.6. The van der Waals surface area contributed by atoms with E-state index in [0.29, 0.717) is 18.7 Å². The van der Waals surface area contributed by atoms with Crippen molar-refractivity contribution in [2.75, 3.05) is 13.1 Å². The van der Waals surface area contributed by atoms with Crippen LogP contribution in [-0.4, -0.2) is 39.0 Å². The average molecular weight is 301 g/mol. The number of carbonyl (C=O) groups is 1. The Labute approximate surface area is 127 Å². The van der Waals surface area contributed by atoms with Crippen molar-refractivity contribution >= 4 is 5.91 Å². The molecule has 0 bridgehead atoms. The van der Waals surface area contributed by atoms with Crippen molar-refractivity contribution in [3.8, 4) is 0 Å². The van der Waals surface area contributed by atoms with Gasteiger partial charge >= 0.3 is 0 Å². The van der Waals surface area contributed by atoms with E-state index >= 15 is 0 Å². The quantitative estimate of drug-likeness (QED) is 0.858. The van der Waals surface area contributed by atoms with Crippen LogP contribution in [0.2, 0.25) is 0 Å². The van der Waals surface area contributed by atoms with Gasteiger partial charge in [-0.1, -0.05) is 6.07 Å². The molecule has 1 N–H and O–H groups in total. The average Bonchev–Trinajstić information content (AvgIpc) is 2.56. The van der Waals surface area contributed by atoms with Crippen molar-refractivity contribution in [1.82, 2.24) is 14.9 Å². The lowest BCUT2D eigenvalue weighted by molar-refractivity contribution is -0.0241. The lowest BCUT2D eigenvalue weighted by Crippen LogP contribution is -2.45. The van der Waals surface area contributed by atoms with Crippen LogP contribution in [0, 0.1) is 5.95 Å². The third-order valence-corrected chi connectivity index (χ3v) is 4.07. The first-order valence-corrected chi connectivity index (χ1v) is 7.13. The van der Waals surface area contributed by atoms with Gasteiger partial charge in [0.25, 0.3) is 5.91 Å². The standard InChI is InChI=1S/C16H16FN3O2/c17-14-13(2-1-7-19-14)16(22)5-10-20(11-6-16)15(21)12-3-8-18-9-4-12/h1-4,7-9,22H,5-6,10-11H2. The van der Waals surface area contributed by atoms with Crippen molar-refractivity contribution in [2.45, 2.75) is 18.4 Å². The molecule has 5 nitrogen and oxygen atoms in total. The second-order valence-corrected chi connectivity index (χ2v) is 5.40. The van der Waals surface area contributed by atoms with Crippen LogP contribution >= 0.6 is 0 Å². The Balaban J connectivity index is 1.73. The van der Waals surface area contributed by atoms with Gasteiger partial charge in [-0.3, -0.25) is 9.78 Å². The van der Waals surface area contributed by atoms with Crippen molar-refractivity contribution in [3.05, 3.63) is 59.9 Å². The number of rotatable bonds is 2. The number of hydrogen-bond donors (Lipinski definition) is 1. The van der Waals surface area contributed by atoms with E-state index < -0.39 is 11.5 Å². The number of likely N-dealkylation sites (tertiary alicyclic amines) is 1. The van der Waals surface area contributed by atoms with Gasteiger partial charge in [-0.25, -0.2) is 4.98 Å². The molecule has 0 atom stereocenters. The third kappa shape index (κ3) is 2.69. The van der Waals surface area contributed by atoms with Crippen molar-refractivity contribution in [3.63, 3.8) is 0 Å². The summed E-state index contributed by atoms with van der Waals surface area (Å²) in [6.45, 7) is 0.734. The first-order valence-electron chi connectivity index (χ1n) is 7.13. The normalized spacial score (nSPS) is 17.3. The van der Waals surface area contributed by atoms with Crippen LogP contribution in [0.3, 0.4) is 0 Å². The summed E-state index contributed by atoms with van der Waals surface area (Å²) in [5, 5.41) is 10.7. The van der Waals surface area contributed by atoms with Crippen LogP contribution in [-0.2, 0) is 5.60 Å². The van der Waals surface area contributed by atoms with Gasteiger partial charge < -0.3 is 10.0 Å². The largest absolute Gasteiger partial charge is 0.385 e. The minimum Gasteiger partial charge on any atom is -0.385 e. The molecule has 0 saturated carbocycles. The van der Waals surface area contributed by atoms with Crippen LogP contribution in [0.5, 0.6) is 0 Å². The van der Waals surface area contributed by atoms with E-state index in [9.17, 15) is 14.3 Å². The Bertz CT molecular complexity index is 670. The van der Waals surface area contributed by atoms with Crippen LogP contribution in [0.4, 0.5) is 4.39 Å².